The summed E-state index contributed by atoms with van der Waals surface area (Å²) in [5.41, 5.74) is 0.513. The van der Waals surface area contributed by atoms with Gasteiger partial charge in [-0.2, -0.15) is 0 Å². The summed E-state index contributed by atoms with van der Waals surface area (Å²) in [4.78, 5) is 10.5. The molecule has 0 fully saturated rings. The van der Waals surface area contributed by atoms with Crippen molar-refractivity contribution in [3.63, 3.8) is 0 Å². The molecule has 3 heteroatoms. The Morgan fingerprint density at radius 2 is 0.806 bits per heavy atom. The summed E-state index contributed by atoms with van der Waals surface area (Å²) in [6.45, 7) is 7.04. The van der Waals surface area contributed by atoms with Crippen molar-refractivity contribution in [2.24, 2.45) is 5.41 Å². The molecular weight excluding hydrogens is 384 g/mol. The highest BCUT2D eigenvalue weighted by molar-refractivity contribution is 5.71. The number of unbranched alkanes of at least 4 members (excludes halogenated alkanes) is 19. The zero-order chi connectivity index (χ0) is 23.2. The van der Waals surface area contributed by atoms with E-state index in [9.17, 15) is 9.90 Å². The van der Waals surface area contributed by atoms with Crippen LogP contribution in [0, 0.1) is 5.41 Å². The second-order valence-electron chi connectivity index (χ2n) is 11.0. The van der Waals surface area contributed by atoms with Gasteiger partial charge in [-0.3, -0.25) is 0 Å². The SMILES string of the molecule is CC(C)(C)CCCCCCCCCCCCCCCCCCCCCCC(O)C(=O)O. The second kappa shape index (κ2) is 21.3. The Morgan fingerprint density at radius 3 is 1.06 bits per heavy atom. The van der Waals surface area contributed by atoms with E-state index in [0.29, 0.717) is 11.8 Å². The molecule has 1 unspecified atom stereocenters. The minimum absolute atomic E-state index is 0.396. The molecule has 0 saturated heterocycles. The third-order valence-corrected chi connectivity index (χ3v) is 6.44. The lowest BCUT2D eigenvalue weighted by Crippen LogP contribution is -2.18. The number of aliphatic carboxylic acids is 1. The molecular formula is C28H56O3. The maximum Gasteiger partial charge on any atom is 0.332 e. The van der Waals surface area contributed by atoms with E-state index in [1.54, 1.807) is 0 Å². The average molecular weight is 441 g/mol. The van der Waals surface area contributed by atoms with Crippen molar-refractivity contribution in [3.05, 3.63) is 0 Å². The smallest absolute Gasteiger partial charge is 0.332 e. The van der Waals surface area contributed by atoms with Gasteiger partial charge < -0.3 is 10.2 Å². The number of carboxylic acid groups (broad SMARTS) is 1. The molecule has 0 rings (SSSR count). The molecule has 0 aliphatic rings. The molecule has 0 radical (unpaired) electrons. The third-order valence-electron chi connectivity index (χ3n) is 6.44. The molecule has 0 heterocycles. The normalized spacial score (nSPS) is 12.9. The molecule has 0 aliphatic heterocycles. The van der Waals surface area contributed by atoms with Crippen LogP contribution >= 0.6 is 0 Å². The minimum Gasteiger partial charge on any atom is -0.479 e. The second-order valence-corrected chi connectivity index (χ2v) is 11.0. The largest absolute Gasteiger partial charge is 0.479 e. The lowest BCUT2D eigenvalue weighted by molar-refractivity contribution is -0.146. The Bertz CT molecular complexity index is 386. The maximum atomic E-state index is 10.5. The van der Waals surface area contributed by atoms with Gasteiger partial charge in [-0.15, -0.1) is 0 Å². The highest BCUT2D eigenvalue weighted by Gasteiger charge is 2.11. The Kier molecular flexibility index (Phi) is 20.9. The Morgan fingerprint density at radius 1 is 0.548 bits per heavy atom. The standard InChI is InChI=1S/C28H56O3/c1-28(2,3)25-23-21-19-17-15-13-11-9-7-5-4-6-8-10-12-14-16-18-20-22-24-26(29)27(30)31/h26,29H,4-25H2,1-3H3,(H,30,31). The van der Waals surface area contributed by atoms with Crippen LogP contribution in [0.25, 0.3) is 0 Å². The van der Waals surface area contributed by atoms with Gasteiger partial charge in [0.05, 0.1) is 0 Å². The van der Waals surface area contributed by atoms with Crippen molar-refractivity contribution in [1.29, 1.82) is 0 Å². The van der Waals surface area contributed by atoms with E-state index in [0.717, 1.165) is 12.8 Å². The molecule has 0 aromatic carbocycles. The molecule has 0 saturated carbocycles. The number of aliphatic hydroxyl groups is 1. The van der Waals surface area contributed by atoms with E-state index in [-0.39, 0.29) is 0 Å². The zero-order valence-electron chi connectivity index (χ0n) is 21.4. The van der Waals surface area contributed by atoms with E-state index in [1.807, 2.05) is 0 Å². The van der Waals surface area contributed by atoms with Crippen molar-refractivity contribution < 1.29 is 15.0 Å². The third kappa shape index (κ3) is 25.6. The lowest BCUT2D eigenvalue weighted by Gasteiger charge is -2.17. The Labute approximate surface area is 194 Å². The average Bonchev–Trinajstić information content (AvgIpc) is 2.70. The van der Waals surface area contributed by atoms with Crippen LogP contribution in [-0.4, -0.2) is 22.3 Å². The van der Waals surface area contributed by atoms with Crippen molar-refractivity contribution in [1.82, 2.24) is 0 Å². The van der Waals surface area contributed by atoms with Gasteiger partial charge in [-0.05, 0) is 18.3 Å². The van der Waals surface area contributed by atoms with E-state index in [4.69, 9.17) is 5.11 Å². The maximum absolute atomic E-state index is 10.5. The molecule has 31 heavy (non-hydrogen) atoms. The number of carboxylic acids is 1. The summed E-state index contributed by atoms with van der Waals surface area (Å²) < 4.78 is 0. The van der Waals surface area contributed by atoms with Gasteiger partial charge in [0, 0.05) is 0 Å². The first kappa shape index (κ1) is 30.4. The summed E-state index contributed by atoms with van der Waals surface area (Å²) in [5, 5.41) is 17.8. The van der Waals surface area contributed by atoms with Crippen LogP contribution in [0.2, 0.25) is 0 Å². The van der Waals surface area contributed by atoms with E-state index >= 15 is 0 Å². The number of carbonyl (C=O) groups is 1. The van der Waals surface area contributed by atoms with Gasteiger partial charge >= 0.3 is 5.97 Å². The molecule has 186 valence electrons. The van der Waals surface area contributed by atoms with Crippen molar-refractivity contribution >= 4 is 5.97 Å². The molecule has 1 atom stereocenters. The van der Waals surface area contributed by atoms with E-state index in [1.165, 1.54) is 122 Å². The van der Waals surface area contributed by atoms with Crippen LogP contribution < -0.4 is 0 Å². The first-order valence-electron chi connectivity index (χ1n) is 13.7. The Hall–Kier alpha value is -0.570. The Balaban J connectivity index is 3.09. The molecule has 0 aromatic rings. The molecule has 2 N–H and O–H groups in total. The fourth-order valence-corrected chi connectivity index (χ4v) is 4.30. The molecule has 0 spiro atoms. The van der Waals surface area contributed by atoms with Crippen LogP contribution in [0.5, 0.6) is 0 Å². The van der Waals surface area contributed by atoms with Crippen molar-refractivity contribution in [2.45, 2.75) is 168 Å². The van der Waals surface area contributed by atoms with Gasteiger partial charge in [-0.1, -0.05) is 149 Å². The quantitative estimate of drug-likeness (QED) is 0.156. The summed E-state index contributed by atoms with van der Waals surface area (Å²) in [6, 6.07) is 0. The number of hydrogen-bond donors (Lipinski definition) is 2. The summed E-state index contributed by atoms with van der Waals surface area (Å²) in [6.07, 6.45) is 27.5. The highest BCUT2D eigenvalue weighted by Crippen LogP contribution is 2.22. The van der Waals surface area contributed by atoms with Gasteiger partial charge in [0.15, 0.2) is 6.10 Å². The van der Waals surface area contributed by atoms with Gasteiger partial charge in [0.2, 0.25) is 0 Å². The molecule has 0 bridgehead atoms. The topological polar surface area (TPSA) is 57.5 Å². The lowest BCUT2D eigenvalue weighted by atomic mass is 9.89. The first-order valence-corrected chi connectivity index (χ1v) is 13.7. The number of aliphatic hydroxyl groups excluding tert-OH is 1. The highest BCUT2D eigenvalue weighted by atomic mass is 16.4. The number of rotatable bonds is 23. The molecule has 3 nitrogen and oxygen atoms in total. The predicted octanol–water partition coefficient (Wildman–Crippen LogP) is 9.06. The van der Waals surface area contributed by atoms with E-state index in [2.05, 4.69) is 20.8 Å². The van der Waals surface area contributed by atoms with Gasteiger partial charge in [-0.25, -0.2) is 4.79 Å². The van der Waals surface area contributed by atoms with Gasteiger partial charge in [0.1, 0.15) is 0 Å². The van der Waals surface area contributed by atoms with Crippen molar-refractivity contribution in [2.75, 3.05) is 0 Å². The van der Waals surface area contributed by atoms with Crippen LogP contribution in [0.4, 0.5) is 0 Å². The first-order chi connectivity index (χ1) is 14.8. The van der Waals surface area contributed by atoms with Crippen molar-refractivity contribution in [3.8, 4) is 0 Å². The van der Waals surface area contributed by atoms with E-state index < -0.39 is 12.1 Å². The zero-order valence-corrected chi connectivity index (χ0v) is 21.4. The van der Waals surface area contributed by atoms with Crippen LogP contribution in [-0.2, 0) is 4.79 Å². The number of hydrogen-bond acceptors (Lipinski definition) is 2. The molecule has 0 aromatic heterocycles. The molecule has 0 amide bonds. The monoisotopic (exact) mass is 440 g/mol. The van der Waals surface area contributed by atoms with Crippen LogP contribution in [0.15, 0.2) is 0 Å². The predicted molar refractivity (Wildman–Crippen MR) is 135 cm³/mol. The molecule has 0 aliphatic carbocycles. The summed E-state index contributed by atoms with van der Waals surface area (Å²) in [5.74, 6) is -1.09. The van der Waals surface area contributed by atoms with Crippen LogP contribution in [0.1, 0.15) is 162 Å². The van der Waals surface area contributed by atoms with Crippen LogP contribution in [0.3, 0.4) is 0 Å². The minimum atomic E-state index is -1.17. The fraction of sp³-hybridized carbons (Fsp3) is 0.964. The summed E-state index contributed by atoms with van der Waals surface area (Å²) >= 11 is 0. The fourth-order valence-electron chi connectivity index (χ4n) is 4.30. The summed E-state index contributed by atoms with van der Waals surface area (Å²) in [7, 11) is 0. The van der Waals surface area contributed by atoms with Gasteiger partial charge in [0.25, 0.3) is 0 Å².